The standard InChI is InChI=1S/C16H14O2/c1-10-2-5-14-13-6-4-12(17)9-11(13)3-7-16(18)15(14)8-10/h2,4-6,8-9,17H,3,7H2,1H3. The molecule has 1 aliphatic carbocycles. The average Bonchev–Trinajstić information content (AvgIpc) is 2.48. The van der Waals surface area contributed by atoms with Gasteiger partial charge in [-0.1, -0.05) is 23.8 Å². The molecule has 0 saturated carbocycles. The largest absolute Gasteiger partial charge is 0.508 e. The lowest BCUT2D eigenvalue weighted by atomic mass is 9.95. The number of hydrogen-bond acceptors (Lipinski definition) is 2. The minimum absolute atomic E-state index is 0.185. The summed E-state index contributed by atoms with van der Waals surface area (Å²) in [4.78, 5) is 12.1. The fraction of sp³-hybridized carbons (Fsp3) is 0.188. The molecular weight excluding hydrogens is 224 g/mol. The predicted octanol–water partition coefficient (Wildman–Crippen LogP) is 3.50. The Morgan fingerprint density at radius 3 is 2.56 bits per heavy atom. The van der Waals surface area contributed by atoms with Crippen molar-refractivity contribution in [1.82, 2.24) is 0 Å². The molecule has 0 heterocycles. The molecule has 0 bridgehead atoms. The van der Waals surface area contributed by atoms with Gasteiger partial charge in [0.15, 0.2) is 5.78 Å². The summed E-state index contributed by atoms with van der Waals surface area (Å²) >= 11 is 0. The SMILES string of the molecule is Cc1ccc2c(c1)C(=O)CCc1cc(O)ccc1-2. The molecule has 0 fully saturated rings. The van der Waals surface area contributed by atoms with E-state index in [1.54, 1.807) is 12.1 Å². The Balaban J connectivity index is 2.30. The minimum atomic E-state index is 0.185. The Morgan fingerprint density at radius 2 is 1.72 bits per heavy atom. The molecule has 0 saturated heterocycles. The van der Waals surface area contributed by atoms with Crippen LogP contribution in [0.2, 0.25) is 0 Å². The van der Waals surface area contributed by atoms with Crippen LogP contribution in [-0.2, 0) is 6.42 Å². The lowest BCUT2D eigenvalue weighted by molar-refractivity contribution is 0.0984. The van der Waals surface area contributed by atoms with Crippen molar-refractivity contribution in [3.63, 3.8) is 0 Å². The molecule has 0 amide bonds. The molecule has 0 aliphatic heterocycles. The molecular formula is C16H14O2. The molecule has 0 radical (unpaired) electrons. The summed E-state index contributed by atoms with van der Waals surface area (Å²) in [6.07, 6.45) is 1.20. The van der Waals surface area contributed by atoms with Gasteiger partial charge in [-0.3, -0.25) is 4.79 Å². The highest BCUT2D eigenvalue weighted by atomic mass is 16.3. The number of aromatic hydroxyl groups is 1. The van der Waals surface area contributed by atoms with E-state index in [9.17, 15) is 9.90 Å². The van der Waals surface area contributed by atoms with Crippen LogP contribution >= 0.6 is 0 Å². The van der Waals surface area contributed by atoms with E-state index >= 15 is 0 Å². The van der Waals surface area contributed by atoms with Crippen LogP contribution in [0.4, 0.5) is 0 Å². The quantitative estimate of drug-likeness (QED) is 0.762. The Bertz CT molecular complexity index is 642. The second kappa shape index (κ2) is 3.98. The number of carbonyl (C=O) groups is 1. The lowest BCUT2D eigenvalue weighted by Crippen LogP contribution is -1.99. The summed E-state index contributed by atoms with van der Waals surface area (Å²) in [6, 6.07) is 11.3. The second-order valence-corrected chi connectivity index (χ2v) is 4.81. The Morgan fingerprint density at radius 1 is 0.944 bits per heavy atom. The number of phenolic OH excluding ortho intramolecular Hbond substituents is 1. The van der Waals surface area contributed by atoms with Gasteiger partial charge >= 0.3 is 0 Å². The van der Waals surface area contributed by atoms with E-state index in [0.717, 1.165) is 27.8 Å². The zero-order valence-corrected chi connectivity index (χ0v) is 10.2. The lowest BCUT2D eigenvalue weighted by Gasteiger charge is -2.09. The molecule has 0 unspecified atom stereocenters. The molecule has 90 valence electrons. The third kappa shape index (κ3) is 1.70. The monoisotopic (exact) mass is 238 g/mol. The second-order valence-electron chi connectivity index (χ2n) is 4.81. The fourth-order valence-corrected chi connectivity index (χ4v) is 2.56. The van der Waals surface area contributed by atoms with Gasteiger partial charge in [0.1, 0.15) is 5.75 Å². The number of fused-ring (bicyclic) bond motifs is 3. The maximum absolute atomic E-state index is 12.1. The van der Waals surface area contributed by atoms with Crippen molar-refractivity contribution in [3.8, 4) is 16.9 Å². The molecule has 2 heteroatoms. The number of carbonyl (C=O) groups excluding carboxylic acids is 1. The number of phenols is 1. The summed E-state index contributed by atoms with van der Waals surface area (Å²) in [5, 5.41) is 9.55. The zero-order valence-electron chi connectivity index (χ0n) is 10.2. The molecule has 18 heavy (non-hydrogen) atoms. The van der Waals surface area contributed by atoms with E-state index in [0.29, 0.717) is 12.8 Å². The van der Waals surface area contributed by atoms with Gasteiger partial charge in [0, 0.05) is 12.0 Å². The van der Waals surface area contributed by atoms with Crippen molar-refractivity contribution in [3.05, 3.63) is 53.1 Å². The summed E-state index contributed by atoms with van der Waals surface area (Å²) in [5.41, 5.74) is 5.00. The Kier molecular flexibility index (Phi) is 2.44. The number of rotatable bonds is 0. The first-order valence-electron chi connectivity index (χ1n) is 6.11. The molecule has 0 spiro atoms. The molecule has 2 nitrogen and oxygen atoms in total. The Hall–Kier alpha value is -2.09. The minimum Gasteiger partial charge on any atom is -0.508 e. The number of benzene rings is 2. The molecule has 0 atom stereocenters. The third-order valence-electron chi connectivity index (χ3n) is 3.48. The van der Waals surface area contributed by atoms with Gasteiger partial charge in [0.2, 0.25) is 0 Å². The summed E-state index contributed by atoms with van der Waals surface area (Å²) < 4.78 is 0. The van der Waals surface area contributed by atoms with Crippen LogP contribution in [-0.4, -0.2) is 10.9 Å². The molecule has 3 rings (SSSR count). The zero-order chi connectivity index (χ0) is 12.7. The fourth-order valence-electron chi connectivity index (χ4n) is 2.56. The van der Waals surface area contributed by atoms with E-state index in [2.05, 4.69) is 0 Å². The van der Waals surface area contributed by atoms with Crippen LogP contribution in [0.25, 0.3) is 11.1 Å². The van der Waals surface area contributed by atoms with Gasteiger partial charge < -0.3 is 5.11 Å². The van der Waals surface area contributed by atoms with Crippen LogP contribution in [0.3, 0.4) is 0 Å². The highest BCUT2D eigenvalue weighted by Crippen LogP contribution is 2.34. The average molecular weight is 238 g/mol. The maximum Gasteiger partial charge on any atom is 0.163 e. The number of Topliss-reactive ketones (excluding diaryl/α,β-unsaturated/α-hetero) is 1. The highest BCUT2D eigenvalue weighted by molar-refractivity contribution is 6.04. The van der Waals surface area contributed by atoms with Gasteiger partial charge in [0.25, 0.3) is 0 Å². The van der Waals surface area contributed by atoms with Crippen LogP contribution < -0.4 is 0 Å². The molecule has 0 aromatic heterocycles. The summed E-state index contributed by atoms with van der Waals surface area (Å²) in [6.45, 7) is 2.00. The van der Waals surface area contributed by atoms with Gasteiger partial charge in [-0.05, 0) is 48.2 Å². The van der Waals surface area contributed by atoms with Crippen LogP contribution in [0.1, 0.15) is 27.9 Å². The Labute approximate surface area is 106 Å². The molecule has 2 aromatic rings. The van der Waals surface area contributed by atoms with Gasteiger partial charge in [-0.15, -0.1) is 0 Å². The van der Waals surface area contributed by atoms with E-state index < -0.39 is 0 Å². The molecule has 1 aliphatic rings. The van der Waals surface area contributed by atoms with Crippen molar-refractivity contribution in [2.45, 2.75) is 19.8 Å². The van der Waals surface area contributed by atoms with Crippen LogP contribution in [0.5, 0.6) is 5.75 Å². The topological polar surface area (TPSA) is 37.3 Å². The molecule has 2 aromatic carbocycles. The van der Waals surface area contributed by atoms with E-state index in [1.807, 2.05) is 31.2 Å². The van der Waals surface area contributed by atoms with Gasteiger partial charge in [-0.25, -0.2) is 0 Å². The predicted molar refractivity (Wildman–Crippen MR) is 70.9 cm³/mol. The number of ketones is 1. The van der Waals surface area contributed by atoms with Crippen molar-refractivity contribution >= 4 is 5.78 Å². The first kappa shape index (κ1) is 11.0. The summed E-state index contributed by atoms with van der Waals surface area (Å²) in [5.74, 6) is 0.446. The first-order chi connectivity index (χ1) is 8.65. The highest BCUT2D eigenvalue weighted by Gasteiger charge is 2.20. The number of aryl methyl sites for hydroxylation is 2. The van der Waals surface area contributed by atoms with Gasteiger partial charge in [0.05, 0.1) is 0 Å². The van der Waals surface area contributed by atoms with Crippen molar-refractivity contribution in [1.29, 1.82) is 0 Å². The van der Waals surface area contributed by atoms with Gasteiger partial charge in [-0.2, -0.15) is 0 Å². The smallest absolute Gasteiger partial charge is 0.163 e. The van der Waals surface area contributed by atoms with E-state index in [1.165, 1.54) is 0 Å². The van der Waals surface area contributed by atoms with Crippen molar-refractivity contribution < 1.29 is 9.90 Å². The van der Waals surface area contributed by atoms with Crippen molar-refractivity contribution in [2.75, 3.05) is 0 Å². The third-order valence-corrected chi connectivity index (χ3v) is 3.48. The first-order valence-corrected chi connectivity index (χ1v) is 6.11. The van der Waals surface area contributed by atoms with E-state index in [4.69, 9.17) is 0 Å². The molecule has 1 N–H and O–H groups in total. The summed E-state index contributed by atoms with van der Waals surface area (Å²) in [7, 11) is 0. The van der Waals surface area contributed by atoms with Crippen LogP contribution in [0, 0.1) is 6.92 Å². The normalized spacial score (nSPS) is 13.7. The van der Waals surface area contributed by atoms with Crippen molar-refractivity contribution in [2.24, 2.45) is 0 Å². The number of hydrogen-bond donors (Lipinski definition) is 1. The van der Waals surface area contributed by atoms with Crippen LogP contribution in [0.15, 0.2) is 36.4 Å². The van der Waals surface area contributed by atoms with E-state index in [-0.39, 0.29) is 11.5 Å². The maximum atomic E-state index is 12.1.